The van der Waals surface area contributed by atoms with E-state index in [1.165, 1.54) is 25.9 Å². The Morgan fingerprint density at radius 2 is 2.04 bits per heavy atom. The van der Waals surface area contributed by atoms with Crippen LogP contribution in [0.1, 0.15) is 44.1 Å². The first kappa shape index (κ1) is 19.6. The highest BCUT2D eigenvalue weighted by Crippen LogP contribution is 2.28. The number of ether oxygens (including phenoxy) is 2. The summed E-state index contributed by atoms with van der Waals surface area (Å²) in [4.78, 5) is 6.80. The lowest BCUT2D eigenvalue weighted by Crippen LogP contribution is -2.25. The zero-order chi connectivity index (χ0) is 19.1. The highest BCUT2D eigenvalue weighted by molar-refractivity contribution is 5.43. The van der Waals surface area contributed by atoms with E-state index in [0.29, 0.717) is 6.61 Å². The van der Waals surface area contributed by atoms with Crippen molar-refractivity contribution >= 4 is 0 Å². The van der Waals surface area contributed by atoms with Crippen LogP contribution in [0.15, 0.2) is 24.5 Å². The number of hydrogen-bond acceptors (Lipinski definition) is 6. The van der Waals surface area contributed by atoms with E-state index in [-0.39, 0.29) is 6.04 Å². The molecule has 0 aliphatic carbocycles. The second-order valence-electron chi connectivity index (χ2n) is 6.92. The second-order valence-corrected chi connectivity index (χ2v) is 6.92. The van der Waals surface area contributed by atoms with Gasteiger partial charge in [-0.3, -0.25) is 4.90 Å². The number of nitrogens with one attached hydrogen (secondary N) is 1. The van der Waals surface area contributed by atoms with Gasteiger partial charge in [0.25, 0.3) is 0 Å². The number of likely N-dealkylation sites (tertiary alicyclic amines) is 1. The van der Waals surface area contributed by atoms with Crippen molar-refractivity contribution < 1.29 is 9.47 Å². The molecular formula is C20H31N5O2. The lowest BCUT2D eigenvalue weighted by molar-refractivity contribution is 0.230. The van der Waals surface area contributed by atoms with Crippen LogP contribution in [0.3, 0.4) is 0 Å². The predicted molar refractivity (Wildman–Crippen MR) is 105 cm³/mol. The van der Waals surface area contributed by atoms with E-state index in [4.69, 9.17) is 9.47 Å². The third kappa shape index (κ3) is 5.20. The fourth-order valence-electron chi connectivity index (χ4n) is 3.45. The summed E-state index contributed by atoms with van der Waals surface area (Å²) < 4.78 is 13.4. The fraction of sp³-hybridized carbons (Fsp3) is 0.600. The quantitative estimate of drug-likeness (QED) is 0.691. The summed E-state index contributed by atoms with van der Waals surface area (Å²) in [5, 5.41) is 7.73. The van der Waals surface area contributed by atoms with E-state index >= 15 is 0 Å². The number of methoxy groups -OCH3 is 1. The minimum absolute atomic E-state index is 0.120. The van der Waals surface area contributed by atoms with Crippen LogP contribution in [0.5, 0.6) is 11.5 Å². The fourth-order valence-corrected chi connectivity index (χ4v) is 3.45. The monoisotopic (exact) mass is 373 g/mol. The smallest absolute Gasteiger partial charge is 0.161 e. The molecule has 1 aromatic heterocycles. The van der Waals surface area contributed by atoms with Crippen molar-refractivity contribution in [2.75, 3.05) is 33.4 Å². The van der Waals surface area contributed by atoms with Gasteiger partial charge in [-0.25, -0.2) is 9.67 Å². The van der Waals surface area contributed by atoms with Crippen LogP contribution < -0.4 is 14.8 Å². The van der Waals surface area contributed by atoms with Crippen LogP contribution in [-0.2, 0) is 13.1 Å². The number of nitrogens with zero attached hydrogens (tertiary/aromatic N) is 4. The minimum atomic E-state index is 0.120. The molecule has 1 aliphatic rings. The Bertz CT molecular complexity index is 712. The zero-order valence-electron chi connectivity index (χ0n) is 16.6. The molecule has 0 bridgehead atoms. The van der Waals surface area contributed by atoms with Crippen molar-refractivity contribution in [3.63, 3.8) is 0 Å². The van der Waals surface area contributed by atoms with Gasteiger partial charge in [0.1, 0.15) is 18.8 Å². The lowest BCUT2D eigenvalue weighted by atomic mass is 10.2. The molecule has 1 fully saturated rings. The third-order valence-electron chi connectivity index (χ3n) is 5.04. The Kier molecular flexibility index (Phi) is 7.06. The van der Waals surface area contributed by atoms with E-state index < -0.39 is 0 Å². The van der Waals surface area contributed by atoms with Crippen LogP contribution in [0.25, 0.3) is 0 Å². The molecule has 3 rings (SSSR count). The molecule has 1 atom stereocenters. The standard InChI is InChI=1S/C20H31N5O2/c1-4-25-20(22-15-23-25)16(2)21-14-17-7-8-18(19(13-17)26-3)27-12-11-24-9-5-6-10-24/h7-8,13,15-16,21H,4-6,9-12,14H2,1-3H3/t16-/m1/s1. The van der Waals surface area contributed by atoms with Crippen LogP contribution in [0.2, 0.25) is 0 Å². The average Bonchev–Trinajstić information content (AvgIpc) is 3.38. The summed E-state index contributed by atoms with van der Waals surface area (Å²) in [6.45, 7) is 9.76. The first-order chi connectivity index (χ1) is 13.2. The van der Waals surface area contributed by atoms with Crippen molar-refractivity contribution in [2.24, 2.45) is 0 Å². The van der Waals surface area contributed by atoms with Crippen molar-refractivity contribution in [2.45, 2.75) is 45.8 Å². The molecule has 1 N–H and O–H groups in total. The predicted octanol–water partition coefficient (Wildman–Crippen LogP) is 2.63. The van der Waals surface area contributed by atoms with Crippen LogP contribution in [-0.4, -0.2) is 53.0 Å². The molecular weight excluding hydrogens is 342 g/mol. The first-order valence-corrected chi connectivity index (χ1v) is 9.84. The van der Waals surface area contributed by atoms with Crippen LogP contribution in [0.4, 0.5) is 0 Å². The van der Waals surface area contributed by atoms with E-state index in [2.05, 4.69) is 40.2 Å². The highest BCUT2D eigenvalue weighted by Gasteiger charge is 2.14. The van der Waals surface area contributed by atoms with Gasteiger partial charge in [0.2, 0.25) is 0 Å². The van der Waals surface area contributed by atoms with Gasteiger partial charge in [0.15, 0.2) is 11.5 Å². The van der Waals surface area contributed by atoms with Crippen molar-refractivity contribution in [3.05, 3.63) is 35.9 Å². The van der Waals surface area contributed by atoms with Gasteiger partial charge in [-0.2, -0.15) is 5.10 Å². The first-order valence-electron chi connectivity index (χ1n) is 9.84. The number of benzene rings is 1. The molecule has 27 heavy (non-hydrogen) atoms. The Morgan fingerprint density at radius 1 is 1.22 bits per heavy atom. The molecule has 1 aliphatic heterocycles. The minimum Gasteiger partial charge on any atom is -0.493 e. The molecule has 1 aromatic carbocycles. The number of aromatic nitrogens is 3. The summed E-state index contributed by atoms with van der Waals surface area (Å²) >= 11 is 0. The maximum Gasteiger partial charge on any atom is 0.161 e. The van der Waals surface area contributed by atoms with Crippen molar-refractivity contribution in [1.82, 2.24) is 25.0 Å². The molecule has 148 valence electrons. The van der Waals surface area contributed by atoms with E-state index in [1.54, 1.807) is 13.4 Å². The van der Waals surface area contributed by atoms with Gasteiger partial charge in [0, 0.05) is 19.6 Å². The van der Waals surface area contributed by atoms with Crippen molar-refractivity contribution in [3.8, 4) is 11.5 Å². The molecule has 0 saturated carbocycles. The molecule has 0 amide bonds. The number of hydrogen-bond donors (Lipinski definition) is 1. The molecule has 7 nitrogen and oxygen atoms in total. The van der Waals surface area contributed by atoms with E-state index in [0.717, 1.165) is 42.5 Å². The van der Waals surface area contributed by atoms with E-state index in [1.807, 2.05) is 16.8 Å². The van der Waals surface area contributed by atoms with Gasteiger partial charge >= 0.3 is 0 Å². The Labute approximate surface area is 161 Å². The van der Waals surface area contributed by atoms with Gasteiger partial charge in [-0.15, -0.1) is 0 Å². The van der Waals surface area contributed by atoms with Crippen LogP contribution in [0, 0.1) is 0 Å². The lowest BCUT2D eigenvalue weighted by Gasteiger charge is -2.17. The van der Waals surface area contributed by atoms with Gasteiger partial charge in [-0.1, -0.05) is 6.07 Å². The zero-order valence-corrected chi connectivity index (χ0v) is 16.6. The Balaban J connectivity index is 1.53. The van der Waals surface area contributed by atoms with E-state index in [9.17, 15) is 0 Å². The van der Waals surface area contributed by atoms with Gasteiger partial charge in [-0.05, 0) is 57.5 Å². The molecule has 7 heteroatoms. The highest BCUT2D eigenvalue weighted by atomic mass is 16.5. The van der Waals surface area contributed by atoms with Gasteiger partial charge in [0.05, 0.1) is 13.2 Å². The Morgan fingerprint density at radius 3 is 2.78 bits per heavy atom. The number of rotatable bonds is 10. The summed E-state index contributed by atoms with van der Waals surface area (Å²) in [5.41, 5.74) is 1.15. The SMILES string of the molecule is CCn1ncnc1[C@@H](C)NCc1ccc(OCCN2CCCC2)c(OC)c1. The maximum atomic E-state index is 5.95. The van der Waals surface area contributed by atoms with Gasteiger partial charge < -0.3 is 14.8 Å². The average molecular weight is 374 g/mol. The normalized spacial score (nSPS) is 15.8. The van der Waals surface area contributed by atoms with Crippen LogP contribution >= 0.6 is 0 Å². The largest absolute Gasteiger partial charge is 0.493 e. The molecule has 0 radical (unpaired) electrons. The summed E-state index contributed by atoms with van der Waals surface area (Å²) in [7, 11) is 1.69. The molecule has 0 unspecified atom stereocenters. The summed E-state index contributed by atoms with van der Waals surface area (Å²) in [6.07, 6.45) is 4.21. The molecule has 2 aromatic rings. The number of aryl methyl sites for hydroxylation is 1. The topological polar surface area (TPSA) is 64.4 Å². The molecule has 1 saturated heterocycles. The molecule has 2 heterocycles. The second kappa shape index (κ2) is 9.71. The third-order valence-corrected chi connectivity index (χ3v) is 5.04. The molecule has 0 spiro atoms. The summed E-state index contributed by atoms with van der Waals surface area (Å²) in [5.74, 6) is 2.53. The maximum absolute atomic E-state index is 5.95. The summed E-state index contributed by atoms with van der Waals surface area (Å²) in [6, 6.07) is 6.24. The Hall–Kier alpha value is -2.12. The van der Waals surface area contributed by atoms with Crippen molar-refractivity contribution in [1.29, 1.82) is 0 Å².